The van der Waals surface area contributed by atoms with Crippen LogP contribution in [0.5, 0.6) is 0 Å². The lowest BCUT2D eigenvalue weighted by Gasteiger charge is -2.64. The lowest BCUT2D eigenvalue weighted by Crippen LogP contribution is -2.65. The average molecular weight is 829 g/mol. The van der Waals surface area contributed by atoms with Gasteiger partial charge in [0.2, 0.25) is 29.5 Å². The zero-order valence-electron chi connectivity index (χ0n) is 36.1. The Morgan fingerprint density at radius 2 is 1.42 bits per heavy atom. The quantitative estimate of drug-likeness (QED) is 0.0420. The Labute approximate surface area is 350 Å². The zero-order chi connectivity index (χ0) is 42.9. The Hall–Kier alpha value is -2.83. The molecule has 7 saturated carbocycles. The molecule has 8 fully saturated rings. The SMILES string of the molecule is C[C@H](NC(=O)[C@@H](NC(=O)[C@H](CCN)NC(=O)CCCCC12CC3CC(CC1C3)C2)[C@@H](C)O)C(=O)N[C@@H](CCCCN)C(=O)N[C@@H](N)B1OC2C[C@@H]3C[C@@H](C3(C)C)[C@]2(C)O1. The summed E-state index contributed by atoms with van der Waals surface area (Å²) in [4.78, 5) is 66.8. The highest BCUT2D eigenvalue weighted by Gasteiger charge is 2.68. The van der Waals surface area contributed by atoms with E-state index in [1.165, 1.54) is 46.0 Å². The third-order valence-corrected chi connectivity index (χ3v) is 15.6. The van der Waals surface area contributed by atoms with Gasteiger partial charge in [-0.2, -0.15) is 0 Å². The Balaban J connectivity index is 0.966. The van der Waals surface area contributed by atoms with Gasteiger partial charge in [0.15, 0.2) is 0 Å². The predicted molar refractivity (Wildman–Crippen MR) is 222 cm³/mol. The van der Waals surface area contributed by atoms with Gasteiger partial charge in [-0.05, 0) is 158 Å². The van der Waals surface area contributed by atoms with Crippen LogP contribution in [0, 0.1) is 40.4 Å². The Morgan fingerprint density at radius 3 is 2.07 bits per heavy atom. The normalized spacial score (nSPS) is 33.7. The molecule has 6 bridgehead atoms. The molecule has 332 valence electrons. The van der Waals surface area contributed by atoms with Gasteiger partial charge < -0.3 is 58.2 Å². The van der Waals surface area contributed by atoms with Gasteiger partial charge in [0.05, 0.1) is 17.8 Å². The molecule has 0 radical (unpaired) electrons. The van der Waals surface area contributed by atoms with Gasteiger partial charge in [-0.25, -0.2) is 0 Å². The summed E-state index contributed by atoms with van der Waals surface area (Å²) in [5, 5.41) is 23.9. The lowest BCUT2D eigenvalue weighted by molar-refractivity contribution is -0.199. The summed E-state index contributed by atoms with van der Waals surface area (Å²) in [5.41, 5.74) is 18.0. The minimum atomic E-state index is -1.44. The maximum absolute atomic E-state index is 13.6. The van der Waals surface area contributed by atoms with Crippen molar-refractivity contribution in [3.8, 4) is 0 Å². The van der Waals surface area contributed by atoms with Crippen molar-refractivity contribution >= 4 is 36.7 Å². The largest absolute Gasteiger partial charge is 0.497 e. The molecule has 16 nitrogen and oxygen atoms in total. The molecule has 3 unspecified atom stereocenters. The van der Waals surface area contributed by atoms with Crippen LogP contribution in [0.1, 0.15) is 131 Å². The third-order valence-electron chi connectivity index (χ3n) is 15.6. The highest BCUT2D eigenvalue weighted by atomic mass is 16.7. The van der Waals surface area contributed by atoms with Crippen molar-refractivity contribution in [2.75, 3.05) is 13.1 Å². The first kappa shape index (κ1) is 45.7. The molecule has 1 heterocycles. The van der Waals surface area contributed by atoms with Crippen LogP contribution in [-0.2, 0) is 33.3 Å². The number of rotatable bonds is 22. The van der Waals surface area contributed by atoms with Crippen molar-refractivity contribution in [3.63, 3.8) is 0 Å². The molecule has 12 N–H and O–H groups in total. The fourth-order valence-corrected chi connectivity index (χ4v) is 12.3. The Morgan fingerprint density at radius 1 is 0.746 bits per heavy atom. The first-order valence-electron chi connectivity index (χ1n) is 22.6. The van der Waals surface area contributed by atoms with Crippen LogP contribution in [0.4, 0.5) is 0 Å². The van der Waals surface area contributed by atoms with Gasteiger partial charge in [0, 0.05) is 6.42 Å². The molecule has 1 saturated heterocycles. The summed E-state index contributed by atoms with van der Waals surface area (Å²) in [7, 11) is -0.857. The van der Waals surface area contributed by atoms with E-state index < -0.39 is 72.7 Å². The minimum absolute atomic E-state index is 0.109. The zero-order valence-corrected chi connectivity index (χ0v) is 36.1. The third kappa shape index (κ3) is 9.80. The van der Waals surface area contributed by atoms with Crippen molar-refractivity contribution in [3.05, 3.63) is 0 Å². The van der Waals surface area contributed by atoms with Crippen molar-refractivity contribution < 1.29 is 38.4 Å². The highest BCUT2D eigenvalue weighted by Crippen LogP contribution is 2.67. The second-order valence-corrected chi connectivity index (χ2v) is 20.0. The fourth-order valence-electron chi connectivity index (χ4n) is 12.3. The van der Waals surface area contributed by atoms with Gasteiger partial charge in [0.25, 0.3) is 0 Å². The molecule has 0 aromatic heterocycles. The molecule has 0 aromatic rings. The number of aliphatic hydroxyl groups is 1. The highest BCUT2D eigenvalue weighted by molar-refractivity contribution is 6.47. The molecular weight excluding hydrogens is 755 g/mol. The van der Waals surface area contributed by atoms with Crippen LogP contribution in [0.2, 0.25) is 0 Å². The van der Waals surface area contributed by atoms with E-state index in [2.05, 4.69) is 47.4 Å². The molecule has 5 amide bonds. The molecule has 8 aliphatic rings. The van der Waals surface area contributed by atoms with Crippen LogP contribution in [-0.4, -0.2) is 103 Å². The molecule has 8 rings (SSSR count). The summed E-state index contributed by atoms with van der Waals surface area (Å²) in [6, 6.07) is -5.61. The van der Waals surface area contributed by atoms with Gasteiger partial charge >= 0.3 is 7.12 Å². The van der Waals surface area contributed by atoms with Crippen molar-refractivity contribution in [2.24, 2.45) is 57.6 Å². The van der Waals surface area contributed by atoms with Crippen LogP contribution in [0.3, 0.4) is 0 Å². The number of hydrogen-bond donors (Lipinski definition) is 9. The molecule has 0 spiro atoms. The number of hydrogen-bond acceptors (Lipinski definition) is 11. The van der Waals surface area contributed by atoms with Gasteiger partial charge in [-0.3, -0.25) is 24.0 Å². The second-order valence-electron chi connectivity index (χ2n) is 20.0. The summed E-state index contributed by atoms with van der Waals surface area (Å²) in [6.45, 7) is 9.86. The number of amides is 5. The number of aliphatic hydroxyl groups excluding tert-OH is 1. The van der Waals surface area contributed by atoms with E-state index in [4.69, 9.17) is 26.5 Å². The Kier molecular flexibility index (Phi) is 14.4. The number of nitrogens with one attached hydrogen (secondary N) is 5. The van der Waals surface area contributed by atoms with Crippen LogP contribution < -0.4 is 43.8 Å². The van der Waals surface area contributed by atoms with Crippen molar-refractivity contribution in [1.82, 2.24) is 26.6 Å². The number of carbonyl (C=O) groups excluding carboxylic acids is 5. The molecule has 0 aromatic carbocycles. The number of carbonyl (C=O) groups is 5. The van der Waals surface area contributed by atoms with Gasteiger partial charge in [-0.1, -0.05) is 20.3 Å². The Bertz CT molecular complexity index is 1540. The topological polar surface area (TPSA) is 262 Å². The average Bonchev–Trinajstić information content (AvgIpc) is 3.75. The first-order valence-corrected chi connectivity index (χ1v) is 22.6. The number of nitrogens with two attached hydrogens (primary N) is 3. The van der Waals surface area contributed by atoms with E-state index in [1.54, 1.807) is 0 Å². The molecule has 1 aliphatic heterocycles. The van der Waals surface area contributed by atoms with Crippen LogP contribution in [0.25, 0.3) is 0 Å². The summed E-state index contributed by atoms with van der Waals surface area (Å²) < 4.78 is 12.7. The smallest absolute Gasteiger partial charge is 0.403 e. The molecular formula is C42H73BN8O8. The second kappa shape index (κ2) is 18.7. The fraction of sp³-hybridized carbons (Fsp3) is 0.881. The predicted octanol–water partition coefficient (Wildman–Crippen LogP) is 0.859. The van der Waals surface area contributed by atoms with Crippen LogP contribution >= 0.6 is 0 Å². The molecule has 59 heavy (non-hydrogen) atoms. The van der Waals surface area contributed by atoms with Gasteiger partial charge in [-0.15, -0.1) is 0 Å². The standard InChI is InChI=1S/C42H73BN8O8/c1-23(35(54)49-29(10-7-9-14-44)37(56)51-39(46)43-58-32-20-27-19-31(40(27,3)4)41(32,5)59-43)47-38(57)34(24(2)52)50-36(55)30(12-15-45)48-33(53)11-6-8-13-42-21-25-16-26(22-42)18-28(42)17-25/h23-32,34,39,52H,6-22,44-46H2,1-5H3,(H,47,57)(H,48,53)(H,49,54)(H,50,55)(H,51,56)/t23-,24+,25?,26?,27-,28?,29-,30-,31-,32?,34-,39+,41-,42?/m0/s1. The van der Waals surface area contributed by atoms with E-state index in [9.17, 15) is 29.1 Å². The lowest BCUT2D eigenvalue weighted by atomic mass is 9.43. The van der Waals surface area contributed by atoms with E-state index in [0.717, 1.165) is 49.9 Å². The van der Waals surface area contributed by atoms with E-state index >= 15 is 0 Å². The van der Waals surface area contributed by atoms with Crippen LogP contribution in [0.15, 0.2) is 0 Å². The molecule has 12 atom stereocenters. The van der Waals surface area contributed by atoms with Gasteiger partial charge in [0.1, 0.15) is 30.2 Å². The molecule has 17 heteroatoms. The summed E-state index contributed by atoms with van der Waals surface area (Å²) in [6.07, 6.45) is 12.0. The maximum atomic E-state index is 13.6. The maximum Gasteiger partial charge on any atom is 0.497 e. The monoisotopic (exact) mass is 829 g/mol. The van der Waals surface area contributed by atoms with Crippen molar-refractivity contribution in [1.29, 1.82) is 0 Å². The van der Waals surface area contributed by atoms with Crippen molar-refractivity contribution in [2.45, 2.75) is 179 Å². The first-order chi connectivity index (χ1) is 27.9. The van der Waals surface area contributed by atoms with E-state index in [1.807, 2.05) is 0 Å². The summed E-state index contributed by atoms with van der Waals surface area (Å²) in [5.74, 6) is 0.560. The molecule has 7 aliphatic carbocycles. The minimum Gasteiger partial charge on any atom is -0.403 e. The van der Waals surface area contributed by atoms with E-state index in [0.29, 0.717) is 36.6 Å². The summed E-state index contributed by atoms with van der Waals surface area (Å²) >= 11 is 0. The van der Waals surface area contributed by atoms with E-state index in [-0.39, 0.29) is 43.2 Å². The number of unbranched alkanes of at least 4 members (excludes halogenated alkanes) is 2.